The first-order chi connectivity index (χ1) is 24.7. The van der Waals surface area contributed by atoms with Crippen molar-refractivity contribution in [3.05, 3.63) is 47.3 Å². The Balaban J connectivity index is -0.000000192. The van der Waals surface area contributed by atoms with Gasteiger partial charge in [-0.25, -0.2) is 0 Å². The van der Waals surface area contributed by atoms with Gasteiger partial charge >= 0.3 is 0 Å². The maximum atomic E-state index is 10.6. The largest absolute Gasteiger partial charge is 0.512 e. The molecule has 0 unspecified atom stereocenters. The molecule has 0 aliphatic carbocycles. The maximum absolute atomic E-state index is 10.6. The monoisotopic (exact) mass is 917 g/mol. The molecule has 0 aliphatic rings. The average Bonchev–Trinajstić information content (AvgIpc) is 3.04. The molecule has 0 atom stereocenters. The minimum absolute atomic E-state index is 0. The van der Waals surface area contributed by atoms with Crippen molar-refractivity contribution >= 4 is 23.1 Å². The van der Waals surface area contributed by atoms with Crippen LogP contribution in [0.5, 0.6) is 0 Å². The number of hydrogen-bond acceptors (Lipinski definition) is 8. The Labute approximate surface area is 343 Å². The standard InChI is InChI=1S/4C11H20O2.Hf/c4*1-3-4-5-6-7-8-11(13)9-10(2)12;/h4*9,13H,3-8H2,1-2H3;. The molecule has 0 saturated carbocycles. The summed E-state index contributed by atoms with van der Waals surface area (Å²) in [5, 5.41) is 36.9. The summed E-state index contributed by atoms with van der Waals surface area (Å²) >= 11 is 0. The second-order valence-electron chi connectivity index (χ2n) is 13.6. The zero-order valence-corrected chi connectivity index (χ0v) is 38.8. The Hall–Kier alpha value is -2.29. The predicted molar refractivity (Wildman–Crippen MR) is 219 cm³/mol. The summed E-state index contributed by atoms with van der Waals surface area (Å²) in [4.78, 5) is 42.2. The van der Waals surface area contributed by atoms with Crippen molar-refractivity contribution in [2.45, 2.75) is 209 Å². The van der Waals surface area contributed by atoms with Crippen LogP contribution < -0.4 is 0 Å². The van der Waals surface area contributed by atoms with Gasteiger partial charge in [-0.15, -0.1) is 0 Å². The molecule has 0 rings (SSSR count). The Morgan fingerprint density at radius 1 is 0.321 bits per heavy atom. The van der Waals surface area contributed by atoms with Gasteiger partial charge in [-0.3, -0.25) is 19.2 Å². The van der Waals surface area contributed by atoms with Crippen LogP contribution in [0.2, 0.25) is 0 Å². The molecule has 0 spiro atoms. The molecule has 8 nitrogen and oxygen atoms in total. The van der Waals surface area contributed by atoms with E-state index >= 15 is 0 Å². The van der Waals surface area contributed by atoms with Gasteiger partial charge in [0, 0.05) is 75.8 Å². The normalized spacial score (nSPS) is 11.5. The third-order valence-electron chi connectivity index (χ3n) is 7.63. The number of allylic oxidation sites excluding steroid dienone is 8. The molecular formula is C44H80HfO8. The third-order valence-corrected chi connectivity index (χ3v) is 7.63. The van der Waals surface area contributed by atoms with E-state index in [0.29, 0.717) is 25.7 Å². The summed E-state index contributed by atoms with van der Waals surface area (Å²) in [6.07, 6.45) is 31.2. The van der Waals surface area contributed by atoms with Crippen LogP contribution in [0.4, 0.5) is 0 Å². The fourth-order valence-corrected chi connectivity index (χ4v) is 4.87. The molecule has 0 aromatic carbocycles. The van der Waals surface area contributed by atoms with Gasteiger partial charge in [0.25, 0.3) is 0 Å². The minimum atomic E-state index is -0.0777. The number of aliphatic hydroxyl groups is 4. The molecule has 0 radical (unpaired) electrons. The first kappa shape index (κ1) is 60.0. The van der Waals surface area contributed by atoms with E-state index in [2.05, 4.69) is 27.7 Å². The maximum Gasteiger partial charge on any atom is 0.155 e. The Morgan fingerprint density at radius 2 is 0.472 bits per heavy atom. The molecule has 0 bridgehead atoms. The molecule has 0 aromatic heterocycles. The van der Waals surface area contributed by atoms with Crippen molar-refractivity contribution in [2.24, 2.45) is 0 Å². The molecule has 9 heteroatoms. The van der Waals surface area contributed by atoms with E-state index in [-0.39, 0.29) is 72.0 Å². The Kier molecular flexibility index (Phi) is 54.0. The van der Waals surface area contributed by atoms with Crippen LogP contribution in [0.3, 0.4) is 0 Å². The van der Waals surface area contributed by atoms with Gasteiger partial charge < -0.3 is 20.4 Å². The number of carbonyl (C=O) groups excluding carboxylic acids is 4. The summed E-state index contributed by atoms with van der Waals surface area (Å²) in [7, 11) is 0. The number of rotatable bonds is 28. The number of aliphatic hydroxyl groups excluding tert-OH is 4. The van der Waals surface area contributed by atoms with Gasteiger partial charge in [0.15, 0.2) is 23.1 Å². The minimum Gasteiger partial charge on any atom is -0.512 e. The summed E-state index contributed by atoms with van der Waals surface area (Å²) in [5.41, 5.74) is 0. The van der Waals surface area contributed by atoms with Crippen molar-refractivity contribution < 1.29 is 65.4 Å². The van der Waals surface area contributed by atoms with E-state index in [1.807, 2.05) is 0 Å². The van der Waals surface area contributed by atoms with E-state index in [4.69, 9.17) is 0 Å². The molecule has 308 valence electrons. The Bertz CT molecular complexity index is 851. The molecule has 0 aromatic rings. The van der Waals surface area contributed by atoms with Gasteiger partial charge in [-0.1, -0.05) is 130 Å². The molecule has 0 fully saturated rings. The van der Waals surface area contributed by atoms with Crippen LogP contribution in [0, 0.1) is 0 Å². The number of carbonyl (C=O) groups is 4. The van der Waals surface area contributed by atoms with Gasteiger partial charge in [0.2, 0.25) is 0 Å². The van der Waals surface area contributed by atoms with Crippen LogP contribution >= 0.6 is 0 Å². The zero-order chi connectivity index (χ0) is 40.4. The van der Waals surface area contributed by atoms with E-state index in [1.165, 1.54) is 129 Å². The summed E-state index contributed by atoms with van der Waals surface area (Å²) in [6.45, 7) is 14.5. The van der Waals surface area contributed by atoms with Crippen LogP contribution in [-0.2, 0) is 45.0 Å². The summed E-state index contributed by atoms with van der Waals surface area (Å²) < 4.78 is 0. The molecule has 53 heavy (non-hydrogen) atoms. The van der Waals surface area contributed by atoms with Crippen LogP contribution in [-0.4, -0.2) is 43.6 Å². The number of unbranched alkanes of at least 4 members (excludes halogenated alkanes) is 16. The first-order valence-corrected chi connectivity index (χ1v) is 20.3. The molecule has 0 heterocycles. The smallest absolute Gasteiger partial charge is 0.155 e. The van der Waals surface area contributed by atoms with E-state index < -0.39 is 0 Å². The quantitative estimate of drug-likeness (QED) is 0.0262. The Morgan fingerprint density at radius 3 is 0.604 bits per heavy atom. The van der Waals surface area contributed by atoms with E-state index in [1.54, 1.807) is 0 Å². The second-order valence-corrected chi connectivity index (χ2v) is 13.6. The summed E-state index contributed by atoms with van der Waals surface area (Å²) in [6, 6.07) is 0. The number of ketones is 4. The molecule has 0 saturated heterocycles. The predicted octanol–water partition coefficient (Wildman–Crippen LogP) is 13.5. The van der Waals surface area contributed by atoms with Gasteiger partial charge in [0.1, 0.15) is 0 Å². The van der Waals surface area contributed by atoms with Crippen molar-refractivity contribution in [3.63, 3.8) is 0 Å². The van der Waals surface area contributed by atoms with Gasteiger partial charge in [-0.2, -0.15) is 0 Å². The van der Waals surface area contributed by atoms with Gasteiger partial charge in [0.05, 0.1) is 23.0 Å². The molecule has 4 N–H and O–H groups in total. The van der Waals surface area contributed by atoms with Crippen LogP contribution in [0.1, 0.15) is 209 Å². The SMILES string of the molecule is CCCCCCCC(O)=CC(C)=O.CCCCCCCC(O)=CC(C)=O.CCCCCCCC(O)=CC(C)=O.CCCCCCCC(O)=CC(C)=O.[Hf]. The zero-order valence-electron chi connectivity index (χ0n) is 35.2. The van der Waals surface area contributed by atoms with E-state index in [9.17, 15) is 39.6 Å². The summed E-state index contributed by atoms with van der Waals surface area (Å²) in [5.74, 6) is 0.593. The molecule has 0 amide bonds. The van der Waals surface area contributed by atoms with E-state index in [0.717, 1.165) is 51.4 Å². The fraction of sp³-hybridized carbons (Fsp3) is 0.727. The first-order valence-electron chi connectivity index (χ1n) is 20.3. The molecule has 0 aliphatic heterocycles. The van der Waals surface area contributed by atoms with Crippen molar-refractivity contribution in [1.29, 1.82) is 0 Å². The van der Waals surface area contributed by atoms with Crippen molar-refractivity contribution in [3.8, 4) is 0 Å². The molecular weight excluding hydrogens is 835 g/mol. The number of hydrogen-bond donors (Lipinski definition) is 4. The van der Waals surface area contributed by atoms with Crippen LogP contribution in [0.25, 0.3) is 0 Å². The third kappa shape index (κ3) is 65.0. The topological polar surface area (TPSA) is 149 Å². The second kappa shape index (κ2) is 47.7. The van der Waals surface area contributed by atoms with Crippen molar-refractivity contribution in [1.82, 2.24) is 0 Å². The van der Waals surface area contributed by atoms with Crippen LogP contribution in [0.15, 0.2) is 47.3 Å². The average molecular weight is 916 g/mol. The van der Waals surface area contributed by atoms with Gasteiger partial charge in [-0.05, 0) is 53.4 Å². The van der Waals surface area contributed by atoms with Crippen molar-refractivity contribution in [2.75, 3.05) is 0 Å². The fourth-order valence-electron chi connectivity index (χ4n) is 4.87.